The molecule has 0 bridgehead atoms. The third-order valence-electron chi connectivity index (χ3n) is 1.00. The van der Waals surface area contributed by atoms with Crippen LogP contribution in [-0.2, 0) is 0 Å². The van der Waals surface area contributed by atoms with Gasteiger partial charge in [-0.05, 0) is 24.6 Å². The summed E-state index contributed by atoms with van der Waals surface area (Å²) in [6.45, 7) is 5.26. The summed E-state index contributed by atoms with van der Waals surface area (Å²) in [5.41, 5.74) is 0. The summed E-state index contributed by atoms with van der Waals surface area (Å²) in [6.07, 6.45) is 2.16. The smallest absolute Gasteiger partial charge is 0.0259 e. The van der Waals surface area contributed by atoms with Crippen molar-refractivity contribution in [2.24, 2.45) is 0 Å². The molecule has 1 N–H and O–H groups in total. The fourth-order valence-electron chi connectivity index (χ4n) is 0.596. The summed E-state index contributed by atoms with van der Waals surface area (Å²) < 4.78 is 0. The Morgan fingerprint density at radius 2 is 2.44 bits per heavy atom. The predicted molar refractivity (Wildman–Crippen MR) is 47.9 cm³/mol. The first kappa shape index (κ1) is 9.05. The molecule has 1 nitrogen and oxygen atoms in total. The molecule has 0 aromatic rings. The Kier molecular flexibility index (Phi) is 6.21. The van der Waals surface area contributed by atoms with Crippen LogP contribution in [0.4, 0.5) is 0 Å². The summed E-state index contributed by atoms with van der Waals surface area (Å²) >= 11 is 1.90. The van der Waals surface area contributed by atoms with Crippen molar-refractivity contribution in [1.82, 2.24) is 5.32 Å². The Hall–Kier alpha value is 0.0500. The van der Waals surface area contributed by atoms with E-state index in [0.29, 0.717) is 0 Å². The van der Waals surface area contributed by atoms with Gasteiger partial charge in [-0.3, -0.25) is 0 Å². The van der Waals surface area contributed by atoms with Crippen LogP contribution in [0.5, 0.6) is 0 Å². The summed E-state index contributed by atoms with van der Waals surface area (Å²) in [6, 6.07) is 0. The third-order valence-corrected chi connectivity index (χ3v) is 2.04. The van der Waals surface area contributed by atoms with Gasteiger partial charge in [0.2, 0.25) is 0 Å². The molecule has 0 saturated heterocycles. The quantitative estimate of drug-likeness (QED) is 0.653. The summed E-state index contributed by atoms with van der Waals surface area (Å²) in [4.78, 5) is 1.43. The molecule has 0 fully saturated rings. The van der Waals surface area contributed by atoms with Crippen LogP contribution in [0.15, 0.2) is 11.0 Å². The van der Waals surface area contributed by atoms with E-state index < -0.39 is 0 Å². The average Bonchev–Trinajstić information content (AvgIpc) is 1.88. The highest BCUT2D eigenvalue weighted by Crippen LogP contribution is 2.12. The molecule has 0 aliphatic rings. The molecule has 0 spiro atoms. The minimum atomic E-state index is 0. The van der Waals surface area contributed by atoms with Crippen molar-refractivity contribution in [3.63, 3.8) is 0 Å². The van der Waals surface area contributed by atoms with E-state index in [1.54, 1.807) is 0 Å². The standard InChI is InChI=1S/C7H15NS.H2/c1-4-7(6-8-3)9-5-2;/h4,8H,5-6H2,1-3H3;1H/b7-4-;. The van der Waals surface area contributed by atoms with E-state index in [1.807, 2.05) is 18.8 Å². The zero-order valence-electron chi connectivity index (χ0n) is 6.40. The largest absolute Gasteiger partial charge is 0.315 e. The normalized spacial score (nSPS) is 12.1. The van der Waals surface area contributed by atoms with Crippen molar-refractivity contribution in [2.75, 3.05) is 19.3 Å². The molecule has 0 unspecified atom stereocenters. The molecule has 9 heavy (non-hydrogen) atoms. The van der Waals surface area contributed by atoms with Crippen LogP contribution in [0.2, 0.25) is 0 Å². The first-order valence-corrected chi connectivity index (χ1v) is 4.26. The van der Waals surface area contributed by atoms with Crippen LogP contribution in [-0.4, -0.2) is 19.3 Å². The van der Waals surface area contributed by atoms with E-state index in [1.165, 1.54) is 10.7 Å². The van der Waals surface area contributed by atoms with Gasteiger partial charge < -0.3 is 5.32 Å². The molecule has 0 saturated carbocycles. The molecule has 0 rings (SSSR count). The maximum Gasteiger partial charge on any atom is 0.0259 e. The third kappa shape index (κ3) is 4.55. The molecular formula is C7H17NS. The summed E-state index contributed by atoms with van der Waals surface area (Å²) in [5, 5.41) is 3.11. The van der Waals surface area contributed by atoms with Crippen molar-refractivity contribution < 1.29 is 1.43 Å². The van der Waals surface area contributed by atoms with E-state index in [-0.39, 0.29) is 1.43 Å². The lowest BCUT2D eigenvalue weighted by Crippen LogP contribution is -2.08. The molecule has 0 amide bonds. The Labute approximate surface area is 63.4 Å². The minimum Gasteiger partial charge on any atom is -0.315 e. The van der Waals surface area contributed by atoms with Gasteiger partial charge in [-0.1, -0.05) is 13.0 Å². The predicted octanol–water partition coefficient (Wildman–Crippen LogP) is 2.11. The molecule has 2 heteroatoms. The van der Waals surface area contributed by atoms with Crippen LogP contribution >= 0.6 is 11.8 Å². The van der Waals surface area contributed by atoms with Crippen LogP contribution in [0.25, 0.3) is 0 Å². The highest BCUT2D eigenvalue weighted by atomic mass is 32.2. The number of hydrogen-bond donors (Lipinski definition) is 1. The fraction of sp³-hybridized carbons (Fsp3) is 0.714. The average molecular weight is 147 g/mol. The minimum absolute atomic E-state index is 0. The van der Waals surface area contributed by atoms with E-state index in [2.05, 4.69) is 25.2 Å². The van der Waals surface area contributed by atoms with Gasteiger partial charge in [0.1, 0.15) is 0 Å². The number of thioether (sulfide) groups is 1. The number of nitrogens with one attached hydrogen (secondary N) is 1. The van der Waals surface area contributed by atoms with Gasteiger partial charge >= 0.3 is 0 Å². The van der Waals surface area contributed by atoms with E-state index >= 15 is 0 Å². The first-order valence-electron chi connectivity index (χ1n) is 3.27. The van der Waals surface area contributed by atoms with Gasteiger partial charge in [0.25, 0.3) is 0 Å². The number of rotatable bonds is 4. The van der Waals surface area contributed by atoms with Crippen molar-refractivity contribution >= 4 is 11.8 Å². The number of likely N-dealkylation sites (N-methyl/N-ethyl adjacent to an activating group) is 1. The second-order valence-electron chi connectivity index (χ2n) is 1.72. The van der Waals surface area contributed by atoms with Gasteiger partial charge in [-0.15, -0.1) is 11.8 Å². The van der Waals surface area contributed by atoms with Gasteiger partial charge in [0, 0.05) is 7.97 Å². The SMILES string of the molecule is C/C=C(/CNC)SCC.[HH]. The van der Waals surface area contributed by atoms with E-state index in [4.69, 9.17) is 0 Å². The van der Waals surface area contributed by atoms with Gasteiger partial charge in [0.05, 0.1) is 0 Å². The van der Waals surface area contributed by atoms with Gasteiger partial charge in [0.15, 0.2) is 0 Å². The Morgan fingerprint density at radius 1 is 1.78 bits per heavy atom. The van der Waals surface area contributed by atoms with Crippen LogP contribution in [0, 0.1) is 0 Å². The molecule has 0 aliphatic heterocycles. The summed E-state index contributed by atoms with van der Waals surface area (Å²) in [5.74, 6) is 1.17. The lowest BCUT2D eigenvalue weighted by molar-refractivity contribution is 0.910. The highest BCUT2D eigenvalue weighted by Gasteiger charge is 1.90. The molecule has 0 heterocycles. The molecule has 0 atom stereocenters. The highest BCUT2D eigenvalue weighted by molar-refractivity contribution is 8.03. The molecule has 0 radical (unpaired) electrons. The fourth-order valence-corrected chi connectivity index (χ4v) is 1.38. The topological polar surface area (TPSA) is 12.0 Å². The first-order chi connectivity index (χ1) is 4.35. The maximum absolute atomic E-state index is 3.11. The molecule has 0 aliphatic carbocycles. The molecule has 0 aromatic carbocycles. The van der Waals surface area contributed by atoms with E-state index in [9.17, 15) is 0 Å². The second-order valence-corrected chi connectivity index (χ2v) is 3.11. The van der Waals surface area contributed by atoms with Gasteiger partial charge in [-0.2, -0.15) is 0 Å². The van der Waals surface area contributed by atoms with Crippen molar-refractivity contribution in [1.29, 1.82) is 0 Å². The van der Waals surface area contributed by atoms with Crippen LogP contribution in [0.3, 0.4) is 0 Å². The van der Waals surface area contributed by atoms with Gasteiger partial charge in [-0.25, -0.2) is 0 Å². The second kappa shape index (κ2) is 6.17. The van der Waals surface area contributed by atoms with Crippen LogP contribution in [0.1, 0.15) is 15.3 Å². The van der Waals surface area contributed by atoms with Crippen molar-refractivity contribution in [3.8, 4) is 0 Å². The van der Waals surface area contributed by atoms with E-state index in [0.717, 1.165) is 6.54 Å². The lowest BCUT2D eigenvalue weighted by Gasteiger charge is -2.01. The summed E-state index contributed by atoms with van der Waals surface area (Å²) in [7, 11) is 1.97. The zero-order valence-corrected chi connectivity index (χ0v) is 7.22. The maximum atomic E-state index is 3.11. The Bertz CT molecular complexity index is 85.6. The Balaban J connectivity index is 0. The molecular weight excluding hydrogens is 130 g/mol. The monoisotopic (exact) mass is 147 g/mol. The van der Waals surface area contributed by atoms with Crippen LogP contribution < -0.4 is 5.32 Å². The molecule has 0 aromatic heterocycles. The molecule has 56 valence electrons. The van der Waals surface area contributed by atoms with Crippen molar-refractivity contribution in [2.45, 2.75) is 13.8 Å². The number of allylic oxidation sites excluding steroid dienone is 1. The lowest BCUT2D eigenvalue weighted by atomic mass is 10.5. The van der Waals surface area contributed by atoms with Crippen molar-refractivity contribution in [3.05, 3.63) is 11.0 Å². The Morgan fingerprint density at radius 3 is 2.78 bits per heavy atom. The number of hydrogen-bond acceptors (Lipinski definition) is 2. The zero-order chi connectivity index (χ0) is 7.11.